The van der Waals surface area contributed by atoms with Crippen molar-refractivity contribution in [1.82, 2.24) is 15.3 Å². The molecule has 0 unspecified atom stereocenters. The minimum Gasteiger partial charge on any atom is -0.354 e. The maximum atomic E-state index is 12.2. The number of carbonyl (C=O) groups is 1. The lowest BCUT2D eigenvalue weighted by Gasteiger charge is -2.28. The Labute approximate surface area is 138 Å². The van der Waals surface area contributed by atoms with Gasteiger partial charge in [-0.05, 0) is 13.3 Å². The second-order valence-corrected chi connectivity index (χ2v) is 7.59. The minimum absolute atomic E-state index is 0.180. The molecule has 0 aromatic carbocycles. The van der Waals surface area contributed by atoms with E-state index in [4.69, 9.17) is 0 Å². The van der Waals surface area contributed by atoms with Crippen molar-refractivity contribution in [3.63, 3.8) is 0 Å². The summed E-state index contributed by atoms with van der Waals surface area (Å²) in [5.41, 5.74) is 0.882. The highest BCUT2D eigenvalue weighted by Gasteiger charge is 2.21. The van der Waals surface area contributed by atoms with Crippen LogP contribution in [0.4, 0.5) is 5.82 Å². The summed E-state index contributed by atoms with van der Waals surface area (Å²) in [4.78, 5) is 24.8. The molecule has 1 aliphatic heterocycles. The van der Waals surface area contributed by atoms with Crippen molar-refractivity contribution in [1.29, 1.82) is 0 Å². The van der Waals surface area contributed by atoms with Crippen LogP contribution in [-0.4, -0.2) is 47.0 Å². The Hall–Kier alpha value is -1.34. The zero-order valence-corrected chi connectivity index (χ0v) is 14.5. The molecule has 0 aliphatic carbocycles. The van der Waals surface area contributed by atoms with Crippen LogP contribution in [0.15, 0.2) is 5.38 Å². The lowest BCUT2D eigenvalue weighted by molar-refractivity contribution is 0.0943. The number of anilines is 1. The van der Waals surface area contributed by atoms with Gasteiger partial charge in [0, 0.05) is 41.4 Å². The molecule has 0 saturated carbocycles. The topological polar surface area (TPSA) is 58.1 Å². The van der Waals surface area contributed by atoms with E-state index in [-0.39, 0.29) is 11.7 Å². The zero-order chi connectivity index (χ0) is 15.5. The van der Waals surface area contributed by atoms with Crippen molar-refractivity contribution in [2.45, 2.75) is 20.3 Å². The number of amides is 1. The minimum atomic E-state index is -0.180. The summed E-state index contributed by atoms with van der Waals surface area (Å²) in [5.74, 6) is 3.23. The van der Waals surface area contributed by atoms with Crippen LogP contribution in [0.2, 0.25) is 0 Å². The van der Waals surface area contributed by atoms with Gasteiger partial charge in [-0.25, -0.2) is 9.97 Å². The van der Waals surface area contributed by atoms with E-state index in [0.29, 0.717) is 6.54 Å². The average molecular weight is 336 g/mol. The number of hydrogen-bond donors (Lipinski definition) is 1. The molecule has 0 bridgehead atoms. The van der Waals surface area contributed by atoms with Crippen molar-refractivity contribution < 1.29 is 4.79 Å². The molecule has 1 fully saturated rings. The first-order valence-corrected chi connectivity index (χ1v) is 9.61. The SMILES string of the molecule is CCCNC(=O)c1nc(N2CCSCC2)c2c(C)scc2n1. The molecule has 22 heavy (non-hydrogen) atoms. The highest BCUT2D eigenvalue weighted by atomic mass is 32.2. The van der Waals surface area contributed by atoms with Crippen molar-refractivity contribution in [3.8, 4) is 0 Å². The Balaban J connectivity index is 2.03. The van der Waals surface area contributed by atoms with Gasteiger partial charge in [0.05, 0.1) is 10.9 Å². The number of hydrogen-bond acceptors (Lipinski definition) is 6. The first kappa shape index (κ1) is 15.6. The van der Waals surface area contributed by atoms with E-state index in [0.717, 1.165) is 47.7 Å². The average Bonchev–Trinajstić information content (AvgIpc) is 2.94. The Kier molecular flexibility index (Phi) is 4.83. The van der Waals surface area contributed by atoms with E-state index < -0.39 is 0 Å². The number of nitrogens with zero attached hydrogens (tertiary/aromatic N) is 3. The number of thioether (sulfide) groups is 1. The third kappa shape index (κ3) is 3.05. The van der Waals surface area contributed by atoms with Crippen molar-refractivity contribution >= 4 is 45.7 Å². The van der Waals surface area contributed by atoms with E-state index in [1.165, 1.54) is 4.88 Å². The molecule has 1 amide bonds. The molecule has 3 rings (SSSR count). The number of nitrogens with one attached hydrogen (secondary N) is 1. The van der Waals surface area contributed by atoms with E-state index in [1.807, 2.05) is 24.1 Å². The molecule has 1 saturated heterocycles. The van der Waals surface area contributed by atoms with Gasteiger partial charge in [0.15, 0.2) is 0 Å². The lowest BCUT2D eigenvalue weighted by atomic mass is 10.2. The van der Waals surface area contributed by atoms with Gasteiger partial charge >= 0.3 is 0 Å². The molecule has 3 heterocycles. The third-order valence-corrected chi connectivity index (χ3v) is 5.51. The third-order valence-electron chi connectivity index (χ3n) is 3.67. The zero-order valence-electron chi connectivity index (χ0n) is 12.9. The first-order chi connectivity index (χ1) is 10.7. The molecule has 0 spiro atoms. The summed E-state index contributed by atoms with van der Waals surface area (Å²) >= 11 is 3.63. The van der Waals surface area contributed by atoms with Crippen LogP contribution in [-0.2, 0) is 0 Å². The van der Waals surface area contributed by atoms with Gasteiger partial charge < -0.3 is 10.2 Å². The number of rotatable bonds is 4. The van der Waals surface area contributed by atoms with Crippen LogP contribution in [0.25, 0.3) is 10.9 Å². The highest BCUT2D eigenvalue weighted by Crippen LogP contribution is 2.32. The Bertz CT molecular complexity index is 679. The van der Waals surface area contributed by atoms with Crippen LogP contribution in [0.5, 0.6) is 0 Å². The quantitative estimate of drug-likeness (QED) is 0.930. The molecule has 5 nitrogen and oxygen atoms in total. The second-order valence-electron chi connectivity index (χ2n) is 5.28. The second kappa shape index (κ2) is 6.83. The predicted octanol–water partition coefficient (Wildman–Crippen LogP) is 2.69. The summed E-state index contributed by atoms with van der Waals surface area (Å²) < 4.78 is 0. The number of aryl methyl sites for hydroxylation is 1. The normalized spacial score (nSPS) is 15.3. The molecule has 0 radical (unpaired) electrons. The monoisotopic (exact) mass is 336 g/mol. The van der Waals surface area contributed by atoms with Gasteiger partial charge in [-0.2, -0.15) is 11.8 Å². The van der Waals surface area contributed by atoms with E-state index in [2.05, 4.69) is 27.1 Å². The molecule has 118 valence electrons. The summed E-state index contributed by atoms with van der Waals surface area (Å²) in [6, 6.07) is 0. The maximum absolute atomic E-state index is 12.2. The van der Waals surface area contributed by atoms with Gasteiger partial charge in [-0.15, -0.1) is 11.3 Å². The van der Waals surface area contributed by atoms with Crippen molar-refractivity contribution in [2.75, 3.05) is 36.0 Å². The smallest absolute Gasteiger partial charge is 0.289 e. The maximum Gasteiger partial charge on any atom is 0.289 e. The molecular weight excluding hydrogens is 316 g/mol. The van der Waals surface area contributed by atoms with E-state index in [1.54, 1.807) is 11.3 Å². The lowest BCUT2D eigenvalue weighted by Crippen LogP contribution is -2.34. The molecular formula is C15H20N4OS2. The van der Waals surface area contributed by atoms with Crippen molar-refractivity contribution in [3.05, 3.63) is 16.1 Å². The Morgan fingerprint density at radius 2 is 2.14 bits per heavy atom. The molecule has 1 aliphatic rings. The standard InChI is InChI=1S/C15H20N4OS2/c1-3-4-16-15(20)13-17-11-9-22-10(2)12(11)14(18-13)19-5-7-21-8-6-19/h9H,3-8H2,1-2H3,(H,16,20). The highest BCUT2D eigenvalue weighted by molar-refractivity contribution is 7.99. The first-order valence-electron chi connectivity index (χ1n) is 7.57. The molecule has 1 N–H and O–H groups in total. The summed E-state index contributed by atoms with van der Waals surface area (Å²) in [6.45, 7) is 6.72. The van der Waals surface area contributed by atoms with Crippen molar-refractivity contribution in [2.24, 2.45) is 0 Å². The van der Waals surface area contributed by atoms with Crippen LogP contribution in [0.3, 0.4) is 0 Å². The fourth-order valence-corrected chi connectivity index (χ4v) is 4.19. The number of thiophene rings is 1. The van der Waals surface area contributed by atoms with Gasteiger partial charge in [0.25, 0.3) is 5.91 Å². The summed E-state index contributed by atoms with van der Waals surface area (Å²) in [6.07, 6.45) is 0.905. The van der Waals surface area contributed by atoms with Gasteiger partial charge in [0.1, 0.15) is 5.82 Å². The molecule has 2 aromatic heterocycles. The summed E-state index contributed by atoms with van der Waals surface area (Å²) in [7, 11) is 0. The number of fused-ring (bicyclic) bond motifs is 1. The fourth-order valence-electron chi connectivity index (χ4n) is 2.52. The van der Waals surface area contributed by atoms with Gasteiger partial charge in [0.2, 0.25) is 5.82 Å². The predicted molar refractivity (Wildman–Crippen MR) is 94.3 cm³/mol. The fraction of sp³-hybridized carbons (Fsp3) is 0.533. The van der Waals surface area contributed by atoms with Crippen LogP contribution >= 0.6 is 23.1 Å². The number of aromatic nitrogens is 2. The summed E-state index contributed by atoms with van der Waals surface area (Å²) in [5, 5.41) is 5.99. The number of carbonyl (C=O) groups excluding carboxylic acids is 1. The molecule has 0 atom stereocenters. The molecule has 2 aromatic rings. The van der Waals surface area contributed by atoms with Gasteiger partial charge in [-0.3, -0.25) is 4.79 Å². The largest absolute Gasteiger partial charge is 0.354 e. The van der Waals surface area contributed by atoms with Crippen LogP contribution in [0, 0.1) is 6.92 Å². The van der Waals surface area contributed by atoms with Crippen LogP contribution < -0.4 is 10.2 Å². The Morgan fingerprint density at radius 3 is 2.86 bits per heavy atom. The Morgan fingerprint density at radius 1 is 1.36 bits per heavy atom. The van der Waals surface area contributed by atoms with Gasteiger partial charge in [-0.1, -0.05) is 6.92 Å². The van der Waals surface area contributed by atoms with Crippen LogP contribution in [0.1, 0.15) is 28.8 Å². The molecule has 7 heteroatoms. The van der Waals surface area contributed by atoms with E-state index in [9.17, 15) is 4.79 Å². The van der Waals surface area contributed by atoms with E-state index >= 15 is 0 Å².